The molecule has 0 aromatic heterocycles. The zero-order chi connectivity index (χ0) is 14.4. The van der Waals surface area contributed by atoms with Crippen molar-refractivity contribution < 1.29 is 0 Å². The Kier molecular flexibility index (Phi) is 16.4. The van der Waals surface area contributed by atoms with Crippen molar-refractivity contribution in [3.05, 3.63) is 0 Å². The molecule has 0 N–H and O–H groups in total. The first-order valence-electron chi connectivity index (χ1n) is 7.63. The van der Waals surface area contributed by atoms with Crippen LogP contribution in [0.1, 0.15) is 68.2 Å². The minimum absolute atomic E-state index is 0. The summed E-state index contributed by atoms with van der Waals surface area (Å²) in [4.78, 5) is 0. The van der Waals surface area contributed by atoms with Crippen molar-refractivity contribution in [3.8, 4) is 0 Å². The van der Waals surface area contributed by atoms with Gasteiger partial charge in [-0.3, -0.25) is 0 Å². The first-order chi connectivity index (χ1) is 8.12. The van der Waals surface area contributed by atoms with Crippen LogP contribution in [-0.2, 0) is 0 Å². The second-order valence-corrected chi connectivity index (χ2v) is 13.9. The van der Waals surface area contributed by atoms with E-state index in [1.807, 2.05) is 0 Å². The molecule has 4 heteroatoms. The molecule has 0 aromatic rings. The molecule has 0 fully saturated rings. The molecule has 126 valence electrons. The van der Waals surface area contributed by atoms with Crippen LogP contribution in [0.4, 0.5) is 0 Å². The molecule has 0 heterocycles. The van der Waals surface area contributed by atoms with Crippen LogP contribution in [0.3, 0.4) is 0 Å². The van der Waals surface area contributed by atoms with Crippen LogP contribution in [0.25, 0.3) is 0 Å². The van der Waals surface area contributed by atoms with Gasteiger partial charge in [0.15, 0.2) is 0 Å². The van der Waals surface area contributed by atoms with E-state index in [4.69, 9.17) is 0 Å². The summed E-state index contributed by atoms with van der Waals surface area (Å²) in [5, 5.41) is 1.10. The van der Waals surface area contributed by atoms with Gasteiger partial charge in [0.1, 0.15) is 0 Å². The Morgan fingerprint density at radius 2 is 0.800 bits per heavy atom. The van der Waals surface area contributed by atoms with Crippen LogP contribution in [0.15, 0.2) is 0 Å². The van der Waals surface area contributed by atoms with Gasteiger partial charge >= 0.3 is 0 Å². The van der Waals surface area contributed by atoms with E-state index in [0.29, 0.717) is 10.3 Å². The Balaban J connectivity index is -0.00000144. The molecule has 0 saturated carbocycles. The SMILES string of the molecule is Br.Br.CCCP(CCP(CCC)C(C)(C)C)C(C)(C)C. The Labute approximate surface area is 152 Å². The van der Waals surface area contributed by atoms with Crippen molar-refractivity contribution >= 4 is 49.8 Å². The summed E-state index contributed by atoms with van der Waals surface area (Å²) >= 11 is 0. The fraction of sp³-hybridized carbons (Fsp3) is 1.00. The number of hydrogen-bond donors (Lipinski definition) is 0. The van der Waals surface area contributed by atoms with E-state index in [-0.39, 0.29) is 49.8 Å². The van der Waals surface area contributed by atoms with Gasteiger partial charge in [0.05, 0.1) is 0 Å². The smallest absolute Gasteiger partial charge is 0.0179 e. The van der Waals surface area contributed by atoms with Crippen molar-refractivity contribution in [2.45, 2.75) is 78.5 Å². The lowest BCUT2D eigenvalue weighted by molar-refractivity contribution is 0.768. The molecule has 2 unspecified atom stereocenters. The van der Waals surface area contributed by atoms with Crippen LogP contribution in [-0.4, -0.2) is 35.0 Å². The summed E-state index contributed by atoms with van der Waals surface area (Å²) in [5.74, 6) is 0. The maximum Gasteiger partial charge on any atom is -0.0179 e. The predicted octanol–water partition coefficient (Wildman–Crippen LogP) is 7.52. The number of rotatable bonds is 7. The van der Waals surface area contributed by atoms with Crippen LogP contribution in [0, 0.1) is 0 Å². The number of halogens is 2. The van der Waals surface area contributed by atoms with E-state index < -0.39 is 0 Å². The highest BCUT2D eigenvalue weighted by atomic mass is 79.9. The van der Waals surface area contributed by atoms with Crippen molar-refractivity contribution in [1.29, 1.82) is 0 Å². The highest BCUT2D eigenvalue weighted by molar-refractivity contribution is 8.93. The average Bonchev–Trinajstić information content (AvgIpc) is 2.18. The Bertz CT molecular complexity index is 195. The van der Waals surface area contributed by atoms with Crippen molar-refractivity contribution in [2.75, 3.05) is 24.6 Å². The van der Waals surface area contributed by atoms with Gasteiger partial charge < -0.3 is 0 Å². The molecule has 0 aromatic carbocycles. The van der Waals surface area contributed by atoms with Crippen molar-refractivity contribution in [2.24, 2.45) is 0 Å². The molecule has 20 heavy (non-hydrogen) atoms. The highest BCUT2D eigenvalue weighted by Gasteiger charge is 2.27. The fourth-order valence-electron chi connectivity index (χ4n) is 2.35. The minimum Gasteiger partial charge on any atom is -0.114 e. The molecule has 0 saturated heterocycles. The molecule has 0 nitrogen and oxygen atoms in total. The molecule has 0 radical (unpaired) electrons. The number of hydrogen-bond acceptors (Lipinski definition) is 0. The first-order valence-corrected chi connectivity index (χ1v) is 11.1. The minimum atomic E-state index is 0. The lowest BCUT2D eigenvalue weighted by atomic mass is 10.3. The van der Waals surface area contributed by atoms with Crippen LogP contribution in [0.5, 0.6) is 0 Å². The van der Waals surface area contributed by atoms with E-state index in [0.717, 1.165) is 0 Å². The quantitative estimate of drug-likeness (QED) is 0.351. The first kappa shape index (κ1) is 26.7. The average molecular weight is 452 g/mol. The normalized spacial score (nSPS) is 15.0. The van der Waals surface area contributed by atoms with Gasteiger partial charge in [-0.05, 0) is 35.0 Å². The Hall–Kier alpha value is 1.82. The largest absolute Gasteiger partial charge is 0.114 e. The predicted molar refractivity (Wildman–Crippen MR) is 114 cm³/mol. The van der Waals surface area contributed by atoms with Crippen LogP contribution >= 0.6 is 49.8 Å². The lowest BCUT2D eigenvalue weighted by Crippen LogP contribution is -2.20. The van der Waals surface area contributed by atoms with Gasteiger partial charge in [-0.15, -0.1) is 49.8 Å². The molecule has 0 amide bonds. The highest BCUT2D eigenvalue weighted by Crippen LogP contribution is 2.55. The standard InChI is InChI=1S/C16H36P2.2BrH/c1-9-11-17(15(3,4)5)13-14-18(12-10-2)16(6,7)8;;/h9-14H2,1-8H3;2*1H. The fourth-order valence-corrected chi connectivity index (χ4v) is 8.49. The van der Waals surface area contributed by atoms with Crippen molar-refractivity contribution in [3.63, 3.8) is 0 Å². The molecule has 0 spiro atoms. The van der Waals surface area contributed by atoms with Crippen LogP contribution < -0.4 is 0 Å². The monoisotopic (exact) mass is 450 g/mol. The molecule has 0 bridgehead atoms. The van der Waals surface area contributed by atoms with E-state index in [9.17, 15) is 0 Å². The van der Waals surface area contributed by atoms with Gasteiger partial charge in [-0.2, -0.15) is 0 Å². The third-order valence-electron chi connectivity index (χ3n) is 3.52. The van der Waals surface area contributed by atoms with Gasteiger partial charge in [-0.1, -0.05) is 68.2 Å². The molecule has 2 atom stereocenters. The topological polar surface area (TPSA) is 0 Å². The zero-order valence-electron chi connectivity index (χ0n) is 15.0. The lowest BCUT2D eigenvalue weighted by Gasteiger charge is -2.36. The van der Waals surface area contributed by atoms with Gasteiger partial charge in [0.2, 0.25) is 0 Å². The van der Waals surface area contributed by atoms with E-state index in [1.165, 1.54) is 37.5 Å². The maximum absolute atomic E-state index is 2.45. The van der Waals surface area contributed by atoms with Crippen LogP contribution in [0.2, 0.25) is 0 Å². The second-order valence-electron chi connectivity index (χ2n) is 7.32. The van der Waals surface area contributed by atoms with Gasteiger partial charge in [0, 0.05) is 0 Å². The molecule has 0 aliphatic rings. The second kappa shape index (κ2) is 12.3. The van der Waals surface area contributed by atoms with E-state index >= 15 is 0 Å². The van der Waals surface area contributed by atoms with E-state index in [1.54, 1.807) is 0 Å². The van der Waals surface area contributed by atoms with Gasteiger partial charge in [-0.25, -0.2) is 0 Å². The Morgan fingerprint density at radius 3 is 0.950 bits per heavy atom. The summed E-state index contributed by atoms with van der Waals surface area (Å²) in [6.45, 7) is 19.4. The molecular formula is C16H38Br2P2. The summed E-state index contributed by atoms with van der Waals surface area (Å²) in [5.41, 5.74) is 0. The summed E-state index contributed by atoms with van der Waals surface area (Å²) in [7, 11) is 0.448. The summed E-state index contributed by atoms with van der Waals surface area (Å²) in [6, 6.07) is 0. The third kappa shape index (κ3) is 11.4. The Morgan fingerprint density at radius 1 is 0.550 bits per heavy atom. The van der Waals surface area contributed by atoms with E-state index in [2.05, 4.69) is 55.4 Å². The summed E-state index contributed by atoms with van der Waals surface area (Å²) in [6.07, 6.45) is 8.69. The summed E-state index contributed by atoms with van der Waals surface area (Å²) < 4.78 is 0. The van der Waals surface area contributed by atoms with Gasteiger partial charge in [0.25, 0.3) is 0 Å². The molecular weight excluding hydrogens is 414 g/mol. The molecule has 0 aliphatic carbocycles. The third-order valence-corrected chi connectivity index (χ3v) is 11.2. The molecule has 0 rings (SSSR count). The zero-order valence-corrected chi connectivity index (χ0v) is 20.2. The molecule has 0 aliphatic heterocycles. The van der Waals surface area contributed by atoms with Crippen molar-refractivity contribution in [1.82, 2.24) is 0 Å². The maximum atomic E-state index is 2.45.